The minimum atomic E-state index is -3.72. The van der Waals surface area contributed by atoms with Crippen LogP contribution in [0.4, 0.5) is 0 Å². The summed E-state index contributed by atoms with van der Waals surface area (Å²) >= 11 is 0. The average molecular weight is 387 g/mol. The van der Waals surface area contributed by atoms with Gasteiger partial charge < -0.3 is 9.26 Å². The Kier molecular flexibility index (Phi) is 5.29. The molecule has 142 valence electrons. The highest BCUT2D eigenvalue weighted by Gasteiger charge is 2.26. The third-order valence-corrected chi connectivity index (χ3v) is 6.40. The van der Waals surface area contributed by atoms with Gasteiger partial charge >= 0.3 is 0 Å². The van der Waals surface area contributed by atoms with E-state index < -0.39 is 10.0 Å². The lowest BCUT2D eigenvalue weighted by molar-refractivity contribution is 0.336. The molecule has 8 heteroatoms. The van der Waals surface area contributed by atoms with Crippen LogP contribution in [0.3, 0.4) is 0 Å². The maximum Gasteiger partial charge on any atom is 0.243 e. The minimum Gasteiger partial charge on any atom is -0.496 e. The Balaban J connectivity index is 1.85. The van der Waals surface area contributed by atoms with Crippen molar-refractivity contribution in [3.63, 3.8) is 0 Å². The molecule has 0 aliphatic carbocycles. The van der Waals surface area contributed by atoms with Crippen molar-refractivity contribution in [2.45, 2.75) is 25.3 Å². The molecule has 0 radical (unpaired) electrons. The number of rotatable bonds is 6. The molecule has 0 atom stereocenters. The van der Waals surface area contributed by atoms with Crippen LogP contribution in [0.15, 0.2) is 51.9 Å². The molecule has 0 amide bonds. The zero-order valence-corrected chi connectivity index (χ0v) is 16.4. The Labute approximate surface area is 158 Å². The fourth-order valence-electron chi connectivity index (χ4n) is 2.74. The Morgan fingerprint density at radius 3 is 2.44 bits per heavy atom. The van der Waals surface area contributed by atoms with Gasteiger partial charge in [-0.1, -0.05) is 35.5 Å². The molecule has 1 aromatic heterocycles. The van der Waals surface area contributed by atoms with Gasteiger partial charge in [0.2, 0.25) is 21.7 Å². The minimum absolute atomic E-state index is 0.0211. The van der Waals surface area contributed by atoms with Crippen LogP contribution in [0.25, 0.3) is 11.4 Å². The van der Waals surface area contributed by atoms with E-state index in [1.165, 1.54) is 11.4 Å². The fraction of sp³-hybridized carbons (Fsp3) is 0.263. The van der Waals surface area contributed by atoms with Gasteiger partial charge in [-0.2, -0.15) is 9.29 Å². The first-order valence-corrected chi connectivity index (χ1v) is 9.77. The average Bonchev–Trinajstić information content (AvgIpc) is 3.13. The molecule has 1 heterocycles. The smallest absolute Gasteiger partial charge is 0.243 e. The van der Waals surface area contributed by atoms with E-state index in [0.717, 1.165) is 11.1 Å². The van der Waals surface area contributed by atoms with Crippen LogP contribution in [-0.4, -0.2) is 37.0 Å². The lowest BCUT2D eigenvalue weighted by Gasteiger charge is -2.18. The lowest BCUT2D eigenvalue weighted by atomic mass is 10.1. The van der Waals surface area contributed by atoms with E-state index in [9.17, 15) is 8.42 Å². The number of methoxy groups -OCH3 is 1. The Morgan fingerprint density at radius 1 is 1.07 bits per heavy atom. The van der Waals surface area contributed by atoms with Gasteiger partial charge in [0.1, 0.15) is 5.75 Å². The highest BCUT2D eigenvalue weighted by molar-refractivity contribution is 7.89. The van der Waals surface area contributed by atoms with Crippen molar-refractivity contribution < 1.29 is 17.7 Å². The lowest BCUT2D eigenvalue weighted by Crippen LogP contribution is -2.27. The maximum absolute atomic E-state index is 13.0. The van der Waals surface area contributed by atoms with Gasteiger partial charge in [0, 0.05) is 12.6 Å². The zero-order valence-electron chi connectivity index (χ0n) is 15.6. The highest BCUT2D eigenvalue weighted by atomic mass is 32.2. The standard InChI is InChI=1S/C19H21N3O4S/c1-13-14(2)17(11-10-16(13)25-4)27(23,24)22(3)12-18-20-19(21-26-18)15-8-6-5-7-9-15/h5-11H,12H2,1-4H3. The second-order valence-corrected chi connectivity index (χ2v) is 8.17. The maximum atomic E-state index is 13.0. The summed E-state index contributed by atoms with van der Waals surface area (Å²) in [6, 6.07) is 12.6. The number of hydrogen-bond donors (Lipinski definition) is 0. The molecule has 27 heavy (non-hydrogen) atoms. The molecule has 3 rings (SSSR count). The third kappa shape index (κ3) is 3.72. The first-order chi connectivity index (χ1) is 12.8. The molecule has 0 fully saturated rings. The van der Waals surface area contributed by atoms with Crippen LogP contribution in [0, 0.1) is 13.8 Å². The normalized spacial score (nSPS) is 11.7. The van der Waals surface area contributed by atoms with E-state index in [-0.39, 0.29) is 17.3 Å². The summed E-state index contributed by atoms with van der Waals surface area (Å²) in [6.45, 7) is 3.57. The first kappa shape index (κ1) is 19.1. The second kappa shape index (κ2) is 7.50. The number of nitrogens with zero attached hydrogens (tertiary/aromatic N) is 3. The van der Waals surface area contributed by atoms with Gasteiger partial charge in [-0.05, 0) is 37.1 Å². The number of benzene rings is 2. The van der Waals surface area contributed by atoms with E-state index in [1.54, 1.807) is 26.2 Å². The van der Waals surface area contributed by atoms with E-state index in [4.69, 9.17) is 9.26 Å². The van der Waals surface area contributed by atoms with Gasteiger partial charge in [0.15, 0.2) is 0 Å². The molecule has 0 unspecified atom stereocenters. The summed E-state index contributed by atoms with van der Waals surface area (Å²) in [6.07, 6.45) is 0. The Bertz CT molecular complexity index is 1050. The van der Waals surface area contributed by atoms with E-state index >= 15 is 0 Å². The predicted molar refractivity (Wildman–Crippen MR) is 101 cm³/mol. The van der Waals surface area contributed by atoms with E-state index in [0.29, 0.717) is 17.1 Å². The summed E-state index contributed by atoms with van der Waals surface area (Å²) in [7, 11) is -0.676. The Morgan fingerprint density at radius 2 is 1.78 bits per heavy atom. The van der Waals surface area contributed by atoms with E-state index in [1.807, 2.05) is 37.3 Å². The van der Waals surface area contributed by atoms with Crippen molar-refractivity contribution in [2.75, 3.05) is 14.2 Å². The molecule has 0 saturated heterocycles. The van der Waals surface area contributed by atoms with Crippen molar-refractivity contribution in [1.82, 2.24) is 14.4 Å². The molecule has 0 aliphatic heterocycles. The predicted octanol–water partition coefficient (Wildman–Crippen LogP) is 3.18. The molecular formula is C19H21N3O4S. The molecule has 0 bridgehead atoms. The van der Waals surface area contributed by atoms with Gasteiger partial charge in [-0.15, -0.1) is 0 Å². The van der Waals surface area contributed by atoms with Crippen LogP contribution in [0.1, 0.15) is 17.0 Å². The van der Waals surface area contributed by atoms with Crippen LogP contribution in [0.5, 0.6) is 5.75 Å². The molecular weight excluding hydrogens is 366 g/mol. The van der Waals surface area contributed by atoms with Crippen molar-refractivity contribution >= 4 is 10.0 Å². The fourth-order valence-corrected chi connectivity index (χ4v) is 4.13. The van der Waals surface area contributed by atoms with Crippen molar-refractivity contribution in [3.05, 3.63) is 59.5 Å². The number of hydrogen-bond acceptors (Lipinski definition) is 6. The monoisotopic (exact) mass is 387 g/mol. The molecule has 7 nitrogen and oxygen atoms in total. The van der Waals surface area contributed by atoms with Gasteiger partial charge in [-0.3, -0.25) is 0 Å². The van der Waals surface area contributed by atoms with Crippen molar-refractivity contribution in [1.29, 1.82) is 0 Å². The van der Waals surface area contributed by atoms with Gasteiger partial charge in [-0.25, -0.2) is 8.42 Å². The summed E-state index contributed by atoms with van der Waals surface area (Å²) in [5.74, 6) is 1.30. The Hall–Kier alpha value is -2.71. The SMILES string of the molecule is COc1ccc(S(=O)(=O)N(C)Cc2nc(-c3ccccc3)no2)c(C)c1C. The topological polar surface area (TPSA) is 85.5 Å². The van der Waals surface area contributed by atoms with Crippen LogP contribution in [-0.2, 0) is 16.6 Å². The van der Waals surface area contributed by atoms with Crippen LogP contribution in [0.2, 0.25) is 0 Å². The molecule has 3 aromatic rings. The zero-order chi connectivity index (χ0) is 19.6. The molecule has 0 N–H and O–H groups in total. The molecule has 0 aliphatic rings. The van der Waals surface area contributed by atoms with Crippen LogP contribution >= 0.6 is 0 Å². The highest BCUT2D eigenvalue weighted by Crippen LogP contribution is 2.29. The summed E-state index contributed by atoms with van der Waals surface area (Å²) in [5, 5.41) is 3.92. The largest absolute Gasteiger partial charge is 0.496 e. The molecule has 2 aromatic carbocycles. The summed E-state index contributed by atoms with van der Waals surface area (Å²) < 4.78 is 37.6. The second-order valence-electron chi connectivity index (χ2n) is 6.15. The van der Waals surface area contributed by atoms with E-state index in [2.05, 4.69) is 10.1 Å². The third-order valence-electron chi connectivity index (χ3n) is 4.45. The van der Waals surface area contributed by atoms with Crippen molar-refractivity contribution in [3.8, 4) is 17.1 Å². The summed E-state index contributed by atoms with van der Waals surface area (Å²) in [5.41, 5.74) is 2.24. The quantitative estimate of drug-likeness (QED) is 0.646. The number of aromatic nitrogens is 2. The molecule has 0 saturated carbocycles. The molecule has 0 spiro atoms. The summed E-state index contributed by atoms with van der Waals surface area (Å²) in [4.78, 5) is 4.52. The van der Waals surface area contributed by atoms with Crippen LogP contribution < -0.4 is 4.74 Å². The van der Waals surface area contributed by atoms with Gasteiger partial charge in [0.25, 0.3) is 0 Å². The van der Waals surface area contributed by atoms with Crippen molar-refractivity contribution in [2.24, 2.45) is 0 Å². The van der Waals surface area contributed by atoms with Gasteiger partial charge in [0.05, 0.1) is 18.6 Å². The number of sulfonamides is 1. The first-order valence-electron chi connectivity index (χ1n) is 8.33. The number of ether oxygens (including phenoxy) is 1.